The third kappa shape index (κ3) is 5.53. The number of hydrogen-bond donors (Lipinski definition) is 0. The summed E-state index contributed by atoms with van der Waals surface area (Å²) in [5.41, 5.74) is 1.64. The highest BCUT2D eigenvalue weighted by molar-refractivity contribution is 9.10. The van der Waals surface area contributed by atoms with Crippen LogP contribution in [0, 0.1) is 0 Å². The summed E-state index contributed by atoms with van der Waals surface area (Å²) < 4.78 is 7.77. The van der Waals surface area contributed by atoms with Crippen LogP contribution in [0.5, 0.6) is 0 Å². The quantitative estimate of drug-likeness (QED) is 0.343. The second kappa shape index (κ2) is 9.14. The third-order valence-electron chi connectivity index (χ3n) is 4.73. The standard InChI is InChI=1S/C20H23BrNO2.HI/c1-22(12-5-6-13-22)15-19(16-8-3-2-4-9-16)24-20(23)17-10-7-11-18(21)14-17;/h2-4,7-11,14,19H,5-6,12-13,15H2,1H3;1H/q+1;/p-1. The van der Waals surface area contributed by atoms with Crippen LogP contribution in [0.2, 0.25) is 0 Å². The first-order chi connectivity index (χ1) is 11.6. The van der Waals surface area contributed by atoms with Gasteiger partial charge in [0.05, 0.1) is 25.7 Å². The Balaban J connectivity index is 0.00000225. The van der Waals surface area contributed by atoms with Gasteiger partial charge >= 0.3 is 5.97 Å². The van der Waals surface area contributed by atoms with Gasteiger partial charge in [0.25, 0.3) is 0 Å². The Labute approximate surface area is 175 Å². The van der Waals surface area contributed by atoms with E-state index in [0.717, 1.165) is 34.2 Å². The van der Waals surface area contributed by atoms with E-state index in [9.17, 15) is 4.79 Å². The van der Waals surface area contributed by atoms with E-state index < -0.39 is 0 Å². The maximum absolute atomic E-state index is 12.6. The fourth-order valence-electron chi connectivity index (χ4n) is 3.37. The van der Waals surface area contributed by atoms with E-state index >= 15 is 0 Å². The van der Waals surface area contributed by atoms with E-state index in [2.05, 4.69) is 23.0 Å². The highest BCUT2D eigenvalue weighted by atomic mass is 127. The van der Waals surface area contributed by atoms with Crippen molar-refractivity contribution in [3.05, 3.63) is 70.2 Å². The van der Waals surface area contributed by atoms with Crippen molar-refractivity contribution in [2.75, 3.05) is 26.7 Å². The predicted molar refractivity (Wildman–Crippen MR) is 98.8 cm³/mol. The smallest absolute Gasteiger partial charge is 0.338 e. The van der Waals surface area contributed by atoms with Crippen LogP contribution in [0.4, 0.5) is 0 Å². The van der Waals surface area contributed by atoms with Gasteiger partial charge in [-0.1, -0.05) is 52.3 Å². The molecule has 3 nitrogen and oxygen atoms in total. The predicted octanol–water partition coefficient (Wildman–Crippen LogP) is 1.59. The molecule has 1 heterocycles. The molecule has 0 spiro atoms. The zero-order chi connectivity index (χ0) is 17.0. The number of likely N-dealkylation sites (N-methyl/N-ethyl adjacent to an activating group) is 1. The minimum absolute atomic E-state index is 0. The van der Waals surface area contributed by atoms with Crippen LogP contribution in [-0.2, 0) is 4.74 Å². The molecule has 1 aliphatic rings. The van der Waals surface area contributed by atoms with Gasteiger partial charge in [-0.05, 0) is 23.8 Å². The molecule has 2 aromatic rings. The van der Waals surface area contributed by atoms with E-state index in [1.54, 1.807) is 12.1 Å². The normalized spacial score (nSPS) is 16.7. The van der Waals surface area contributed by atoms with E-state index in [1.165, 1.54) is 12.8 Å². The van der Waals surface area contributed by atoms with Crippen molar-refractivity contribution in [1.29, 1.82) is 0 Å². The van der Waals surface area contributed by atoms with Crippen molar-refractivity contribution in [2.24, 2.45) is 0 Å². The molecule has 2 aromatic carbocycles. The summed E-state index contributed by atoms with van der Waals surface area (Å²) in [6.07, 6.45) is 2.27. The van der Waals surface area contributed by atoms with Crippen molar-refractivity contribution in [3.63, 3.8) is 0 Å². The Morgan fingerprint density at radius 1 is 1.12 bits per heavy atom. The zero-order valence-corrected chi connectivity index (χ0v) is 18.1. The van der Waals surface area contributed by atoms with E-state index in [-0.39, 0.29) is 36.0 Å². The summed E-state index contributed by atoms with van der Waals surface area (Å²) in [5.74, 6) is -0.268. The number of benzene rings is 2. The molecule has 0 saturated carbocycles. The molecule has 25 heavy (non-hydrogen) atoms. The minimum atomic E-state index is -0.268. The van der Waals surface area contributed by atoms with Gasteiger partial charge in [-0.2, -0.15) is 0 Å². The molecule has 0 aliphatic carbocycles. The number of quaternary nitrogens is 1. The first kappa shape index (κ1) is 20.4. The summed E-state index contributed by atoms with van der Waals surface area (Å²) in [7, 11) is 2.26. The number of hydrogen-bond acceptors (Lipinski definition) is 2. The van der Waals surface area contributed by atoms with Crippen molar-refractivity contribution < 1.29 is 38.0 Å². The third-order valence-corrected chi connectivity index (χ3v) is 5.23. The molecule has 0 N–H and O–H groups in total. The van der Waals surface area contributed by atoms with Gasteiger partial charge in [0.1, 0.15) is 6.54 Å². The summed E-state index contributed by atoms with van der Waals surface area (Å²) in [5, 5.41) is 0. The number of ether oxygens (including phenoxy) is 1. The molecule has 3 rings (SSSR count). The van der Waals surface area contributed by atoms with Gasteiger partial charge in [-0.3, -0.25) is 0 Å². The SMILES string of the molecule is C[N+]1(CC(OC(=O)c2cccc(Br)c2)c2ccccc2)CCCC1.[I-]. The molecule has 1 aliphatic heterocycles. The lowest BCUT2D eigenvalue weighted by Crippen LogP contribution is -3.00. The lowest BCUT2D eigenvalue weighted by atomic mass is 10.1. The molecule has 1 saturated heterocycles. The molecule has 5 heteroatoms. The zero-order valence-electron chi connectivity index (χ0n) is 14.3. The fraction of sp³-hybridized carbons (Fsp3) is 0.350. The van der Waals surface area contributed by atoms with Crippen LogP contribution >= 0.6 is 15.9 Å². The number of esters is 1. The summed E-state index contributed by atoms with van der Waals surface area (Å²) in [6, 6.07) is 17.4. The van der Waals surface area contributed by atoms with Crippen LogP contribution in [0.25, 0.3) is 0 Å². The first-order valence-electron chi connectivity index (χ1n) is 8.41. The molecular formula is C20H23BrINO2. The number of carbonyl (C=O) groups excluding carboxylic acids is 1. The minimum Gasteiger partial charge on any atom is -1.00 e. The molecule has 0 radical (unpaired) electrons. The molecule has 0 bridgehead atoms. The molecule has 0 amide bonds. The van der Waals surface area contributed by atoms with E-state index in [4.69, 9.17) is 4.74 Å². The van der Waals surface area contributed by atoms with Crippen molar-refractivity contribution in [3.8, 4) is 0 Å². The highest BCUT2D eigenvalue weighted by Crippen LogP contribution is 2.27. The van der Waals surface area contributed by atoms with E-state index in [1.807, 2.05) is 42.5 Å². The number of rotatable bonds is 5. The number of likely N-dealkylation sites (tertiary alicyclic amines) is 1. The maximum atomic E-state index is 12.6. The second-order valence-corrected chi connectivity index (χ2v) is 7.69. The average molecular weight is 516 g/mol. The van der Waals surface area contributed by atoms with Gasteiger partial charge in [-0.25, -0.2) is 4.79 Å². The Kier molecular flexibility index (Phi) is 7.46. The fourth-order valence-corrected chi connectivity index (χ4v) is 3.77. The van der Waals surface area contributed by atoms with Crippen LogP contribution in [0.3, 0.4) is 0 Å². The topological polar surface area (TPSA) is 26.3 Å². The molecule has 134 valence electrons. The number of halogens is 2. The summed E-state index contributed by atoms with van der Waals surface area (Å²) in [6.45, 7) is 3.12. The van der Waals surface area contributed by atoms with Crippen molar-refractivity contribution >= 4 is 21.9 Å². The Hall–Kier alpha value is -0.920. The van der Waals surface area contributed by atoms with E-state index in [0.29, 0.717) is 5.56 Å². The molecule has 1 fully saturated rings. The largest absolute Gasteiger partial charge is 1.00 e. The van der Waals surface area contributed by atoms with Gasteiger partial charge in [0, 0.05) is 17.3 Å². The molecular weight excluding hydrogens is 493 g/mol. The average Bonchev–Trinajstić information content (AvgIpc) is 3.01. The first-order valence-corrected chi connectivity index (χ1v) is 9.20. The number of nitrogens with zero attached hydrogens (tertiary/aromatic N) is 1. The molecule has 0 aromatic heterocycles. The summed E-state index contributed by atoms with van der Waals surface area (Å²) >= 11 is 3.41. The van der Waals surface area contributed by atoms with Crippen LogP contribution in [0.1, 0.15) is 34.9 Å². The monoisotopic (exact) mass is 515 g/mol. The van der Waals surface area contributed by atoms with Crippen molar-refractivity contribution in [2.45, 2.75) is 18.9 Å². The van der Waals surface area contributed by atoms with Gasteiger partial charge in [0.15, 0.2) is 6.10 Å². The lowest BCUT2D eigenvalue weighted by Gasteiger charge is -2.33. The van der Waals surface area contributed by atoms with Gasteiger partial charge in [0.2, 0.25) is 0 Å². The Morgan fingerprint density at radius 3 is 2.44 bits per heavy atom. The second-order valence-electron chi connectivity index (χ2n) is 6.77. The van der Waals surface area contributed by atoms with Crippen LogP contribution in [0.15, 0.2) is 59.1 Å². The van der Waals surface area contributed by atoms with Crippen LogP contribution in [-0.4, -0.2) is 37.1 Å². The van der Waals surface area contributed by atoms with Crippen LogP contribution < -0.4 is 24.0 Å². The Bertz CT molecular complexity index is 702. The lowest BCUT2D eigenvalue weighted by molar-refractivity contribution is -0.901. The maximum Gasteiger partial charge on any atom is 0.338 e. The highest BCUT2D eigenvalue weighted by Gasteiger charge is 2.33. The Morgan fingerprint density at radius 2 is 1.80 bits per heavy atom. The van der Waals surface area contributed by atoms with Crippen molar-refractivity contribution in [1.82, 2.24) is 0 Å². The molecule has 1 unspecified atom stereocenters. The van der Waals surface area contributed by atoms with Gasteiger partial charge < -0.3 is 33.2 Å². The molecule has 1 atom stereocenters. The summed E-state index contributed by atoms with van der Waals surface area (Å²) in [4.78, 5) is 12.6. The van der Waals surface area contributed by atoms with Gasteiger partial charge in [-0.15, -0.1) is 0 Å². The number of carbonyl (C=O) groups is 1.